The van der Waals surface area contributed by atoms with Crippen molar-refractivity contribution >= 4 is 40.1 Å². The Hall–Kier alpha value is -3.49. The lowest BCUT2D eigenvalue weighted by molar-refractivity contribution is -0.116. The van der Waals surface area contributed by atoms with Gasteiger partial charge in [0.2, 0.25) is 0 Å². The van der Waals surface area contributed by atoms with Gasteiger partial charge >= 0.3 is 0 Å². The summed E-state index contributed by atoms with van der Waals surface area (Å²) in [7, 11) is 0. The second-order valence-corrected chi connectivity index (χ2v) is 11.4. The number of ether oxygens (including phenoxy) is 2. The van der Waals surface area contributed by atoms with Gasteiger partial charge in [-0.2, -0.15) is 0 Å². The van der Waals surface area contributed by atoms with Crippen molar-refractivity contribution in [2.75, 3.05) is 12.4 Å². The molecule has 1 N–H and O–H groups in total. The molecule has 41 heavy (non-hydrogen) atoms. The van der Waals surface area contributed by atoms with Gasteiger partial charge in [0.1, 0.15) is 12.3 Å². The summed E-state index contributed by atoms with van der Waals surface area (Å²) in [5, 5.41) is 12.0. The van der Waals surface area contributed by atoms with E-state index in [0.717, 1.165) is 33.9 Å². The van der Waals surface area contributed by atoms with Crippen molar-refractivity contribution in [3.8, 4) is 11.5 Å². The summed E-state index contributed by atoms with van der Waals surface area (Å²) in [5.41, 5.74) is 2.24. The normalized spacial score (nSPS) is 15.8. The Labute approximate surface area is 250 Å². The van der Waals surface area contributed by atoms with Crippen LogP contribution in [0, 0.1) is 0 Å². The molecule has 0 spiro atoms. The van der Waals surface area contributed by atoms with Gasteiger partial charge in [0.25, 0.3) is 5.91 Å². The first-order valence-corrected chi connectivity index (χ1v) is 15.6. The lowest BCUT2D eigenvalue weighted by Crippen LogP contribution is -2.50. The van der Waals surface area contributed by atoms with Crippen LogP contribution in [0.3, 0.4) is 0 Å². The lowest BCUT2D eigenvalue weighted by atomic mass is 10.1. The van der Waals surface area contributed by atoms with Gasteiger partial charge in [-0.1, -0.05) is 105 Å². The van der Waals surface area contributed by atoms with Crippen molar-refractivity contribution in [2.45, 2.75) is 58.7 Å². The minimum Gasteiger partial charge on any atom is -0.490 e. The molecule has 0 aromatic heterocycles. The molecular weight excluding hydrogens is 556 g/mol. The quantitative estimate of drug-likeness (QED) is 0.256. The summed E-state index contributed by atoms with van der Waals surface area (Å²) in [4.78, 5) is 18.5. The zero-order chi connectivity index (χ0) is 28.6. The number of rotatable bonds is 12. The molecule has 3 aromatic rings. The molecule has 1 atom stereocenters. The summed E-state index contributed by atoms with van der Waals surface area (Å²) in [6, 6.07) is 21.2. The van der Waals surface area contributed by atoms with E-state index in [-0.39, 0.29) is 5.91 Å². The van der Waals surface area contributed by atoms with Gasteiger partial charge in [0.05, 0.1) is 17.0 Å². The molecule has 1 amide bonds. The van der Waals surface area contributed by atoms with Gasteiger partial charge in [-0.05, 0) is 37.1 Å². The van der Waals surface area contributed by atoms with Crippen LogP contribution in [0.15, 0.2) is 76.8 Å². The average Bonchev–Trinajstić information content (AvgIpc) is 2.98. The molecule has 0 bridgehead atoms. The second-order valence-electron chi connectivity index (χ2n) is 9.87. The maximum Gasteiger partial charge on any atom is 0.276 e. The van der Waals surface area contributed by atoms with E-state index in [1.165, 1.54) is 25.7 Å². The molecule has 0 saturated heterocycles. The summed E-state index contributed by atoms with van der Waals surface area (Å²) < 4.78 is 12.1. The van der Waals surface area contributed by atoms with Gasteiger partial charge < -0.3 is 9.47 Å². The highest BCUT2D eigenvalue weighted by Crippen LogP contribution is 2.41. The van der Waals surface area contributed by atoms with Crippen molar-refractivity contribution < 1.29 is 14.3 Å². The van der Waals surface area contributed by atoms with Gasteiger partial charge in [0.15, 0.2) is 22.8 Å². The van der Waals surface area contributed by atoms with Crippen molar-refractivity contribution in [3.05, 3.63) is 93.5 Å². The molecule has 0 fully saturated rings. The SMILES string of the molecule is CCCCCCCSC1=NN2C(=c3ccccc3=NC2c2cc(Cl)c(OCc3ccccc3)c(OCC)c2)C(=O)N1. The van der Waals surface area contributed by atoms with Crippen LogP contribution in [0.25, 0.3) is 5.70 Å². The number of amidine groups is 1. The average molecular weight is 591 g/mol. The molecule has 5 rings (SSSR count). The number of hydrazone groups is 1. The van der Waals surface area contributed by atoms with Crippen LogP contribution in [0.4, 0.5) is 0 Å². The molecule has 0 aliphatic carbocycles. The molecule has 2 heterocycles. The van der Waals surface area contributed by atoms with E-state index in [4.69, 9.17) is 31.2 Å². The first-order chi connectivity index (χ1) is 20.1. The second kappa shape index (κ2) is 13.9. The predicted molar refractivity (Wildman–Crippen MR) is 165 cm³/mol. The molecular formula is C32H35ClN4O3S. The summed E-state index contributed by atoms with van der Waals surface area (Å²) in [5.74, 6) is 1.69. The maximum absolute atomic E-state index is 13.5. The Morgan fingerprint density at radius 3 is 2.56 bits per heavy atom. The van der Waals surface area contributed by atoms with Gasteiger partial charge in [-0.15, -0.1) is 5.10 Å². The minimum atomic E-state index is -0.606. The molecule has 3 aromatic carbocycles. The maximum atomic E-state index is 13.5. The largest absolute Gasteiger partial charge is 0.490 e. The van der Waals surface area contributed by atoms with Crippen LogP contribution in [0.5, 0.6) is 11.5 Å². The predicted octanol–water partition coefficient (Wildman–Crippen LogP) is 6.16. The number of benzene rings is 3. The Kier molecular flexibility index (Phi) is 9.85. The fourth-order valence-corrected chi connectivity index (χ4v) is 5.98. The molecule has 0 saturated carbocycles. The summed E-state index contributed by atoms with van der Waals surface area (Å²) >= 11 is 8.38. The van der Waals surface area contributed by atoms with Gasteiger partial charge in [-0.3, -0.25) is 15.1 Å². The van der Waals surface area contributed by atoms with E-state index in [1.54, 1.807) is 16.8 Å². The van der Waals surface area contributed by atoms with Crippen molar-refractivity contribution in [2.24, 2.45) is 10.1 Å². The zero-order valence-corrected chi connectivity index (χ0v) is 25.0. The van der Waals surface area contributed by atoms with Crippen molar-refractivity contribution in [1.82, 2.24) is 10.3 Å². The summed E-state index contributed by atoms with van der Waals surface area (Å²) in [6.07, 6.45) is 5.33. The number of nitrogens with one attached hydrogen (secondary N) is 1. The highest BCUT2D eigenvalue weighted by atomic mass is 35.5. The number of amides is 1. The number of halogens is 1. The molecule has 2 aliphatic heterocycles. The number of carbonyl (C=O) groups excluding carboxylic acids is 1. The number of hydrogen-bond donors (Lipinski definition) is 1. The Morgan fingerprint density at radius 1 is 0.976 bits per heavy atom. The smallest absolute Gasteiger partial charge is 0.276 e. The van der Waals surface area contributed by atoms with Crippen molar-refractivity contribution in [3.63, 3.8) is 0 Å². The van der Waals surface area contributed by atoms with Gasteiger partial charge in [0, 0.05) is 16.5 Å². The van der Waals surface area contributed by atoms with E-state index < -0.39 is 6.17 Å². The Bertz CT molecular complexity index is 1530. The minimum absolute atomic E-state index is 0.195. The van der Waals surface area contributed by atoms with E-state index >= 15 is 0 Å². The van der Waals surface area contributed by atoms with Crippen LogP contribution >= 0.6 is 23.4 Å². The third-order valence-corrected chi connectivity index (χ3v) is 8.09. The Morgan fingerprint density at radius 2 is 1.76 bits per heavy atom. The van der Waals surface area contributed by atoms with Crippen LogP contribution in [-0.4, -0.2) is 28.4 Å². The van der Waals surface area contributed by atoms with E-state index in [9.17, 15) is 4.79 Å². The third-order valence-electron chi connectivity index (χ3n) is 6.86. The summed E-state index contributed by atoms with van der Waals surface area (Å²) in [6.45, 7) is 4.92. The zero-order valence-electron chi connectivity index (χ0n) is 23.4. The highest BCUT2D eigenvalue weighted by Gasteiger charge is 2.35. The fraction of sp³-hybridized carbons (Fsp3) is 0.344. The number of para-hydroxylation sites is 1. The third kappa shape index (κ3) is 6.88. The van der Waals surface area contributed by atoms with Crippen molar-refractivity contribution in [1.29, 1.82) is 0 Å². The van der Waals surface area contributed by atoms with Crippen LogP contribution in [-0.2, 0) is 11.4 Å². The lowest BCUT2D eigenvalue weighted by Gasteiger charge is -2.34. The molecule has 214 valence electrons. The van der Waals surface area contributed by atoms with E-state index in [1.807, 2.05) is 73.7 Å². The molecule has 2 aliphatic rings. The van der Waals surface area contributed by atoms with Crippen LogP contribution in [0.1, 0.15) is 63.2 Å². The molecule has 1 unspecified atom stereocenters. The topological polar surface area (TPSA) is 75.5 Å². The first-order valence-electron chi connectivity index (χ1n) is 14.2. The number of fused-ring (bicyclic) bond motifs is 2. The van der Waals surface area contributed by atoms with E-state index in [2.05, 4.69) is 12.2 Å². The molecule has 0 radical (unpaired) electrons. The number of thioether (sulfide) groups is 1. The van der Waals surface area contributed by atoms with Gasteiger partial charge in [-0.25, -0.2) is 5.01 Å². The number of carbonyl (C=O) groups is 1. The van der Waals surface area contributed by atoms with E-state index in [0.29, 0.717) is 40.6 Å². The first kappa shape index (κ1) is 29.0. The monoisotopic (exact) mass is 590 g/mol. The Balaban J connectivity index is 1.48. The van der Waals surface area contributed by atoms with Crippen LogP contribution in [0.2, 0.25) is 5.02 Å². The molecule has 9 heteroatoms. The highest BCUT2D eigenvalue weighted by molar-refractivity contribution is 8.13. The standard InChI is InChI=1S/C32H35ClN4O3S/c1-3-5-6-7-13-18-41-32-35-31(38)28-24-16-11-12-17-26(24)34-30(37(28)36-32)23-19-25(33)29(27(20-23)39-4-2)40-21-22-14-9-8-10-15-22/h8-12,14-17,19-20,30H,3-7,13,18,21H2,1-2H3,(H,35,36,38). The number of hydrogen-bond acceptors (Lipinski definition) is 7. The molecule has 7 nitrogen and oxygen atoms in total. The van der Waals surface area contributed by atoms with Crippen LogP contribution < -0.4 is 25.4 Å². The number of unbranched alkanes of at least 4 members (excludes halogenated alkanes) is 4. The number of nitrogens with zero attached hydrogens (tertiary/aromatic N) is 3. The fourth-order valence-electron chi connectivity index (χ4n) is 4.85.